The Kier molecular flexibility index (Phi) is 5.46. The zero-order valence-electron chi connectivity index (χ0n) is 15.7. The highest BCUT2D eigenvalue weighted by Crippen LogP contribution is 2.20. The number of nitrogens with zero attached hydrogens (tertiary/aromatic N) is 4. The van der Waals surface area contributed by atoms with Gasteiger partial charge in [-0.25, -0.2) is 0 Å². The van der Waals surface area contributed by atoms with E-state index in [4.69, 9.17) is 4.74 Å². The van der Waals surface area contributed by atoms with Gasteiger partial charge < -0.3 is 14.7 Å². The second-order valence-electron chi connectivity index (χ2n) is 7.66. The van der Waals surface area contributed by atoms with E-state index in [9.17, 15) is 9.90 Å². The fourth-order valence-corrected chi connectivity index (χ4v) is 3.60. The Hall–Kier alpha value is -1.44. The molecule has 1 N–H and O–H groups in total. The lowest BCUT2D eigenvalue weighted by molar-refractivity contribution is -0.0394. The van der Waals surface area contributed by atoms with Crippen LogP contribution in [0, 0.1) is 0 Å². The Bertz CT molecular complexity index is 613. The SMILES string of the molecule is CC(C)O[C@H]1CN(C(=O)c2cc3n(n2)CCCN(C(C)C)C3)C[C@@H]1O. The molecule has 0 unspecified atom stereocenters. The average Bonchev–Trinajstić information content (AvgIpc) is 3.03. The molecule has 0 bridgehead atoms. The number of amides is 1. The van der Waals surface area contributed by atoms with Crippen LogP contribution in [0.3, 0.4) is 0 Å². The molecule has 1 aromatic heterocycles. The van der Waals surface area contributed by atoms with Gasteiger partial charge in [0.25, 0.3) is 5.91 Å². The van der Waals surface area contributed by atoms with Gasteiger partial charge in [0.05, 0.1) is 17.9 Å². The van der Waals surface area contributed by atoms with Crippen molar-refractivity contribution in [3.63, 3.8) is 0 Å². The summed E-state index contributed by atoms with van der Waals surface area (Å²) in [5.74, 6) is -0.120. The molecule has 140 valence electrons. The van der Waals surface area contributed by atoms with Crippen LogP contribution in [-0.2, 0) is 17.8 Å². The van der Waals surface area contributed by atoms with Crippen molar-refractivity contribution in [2.75, 3.05) is 19.6 Å². The van der Waals surface area contributed by atoms with Crippen molar-refractivity contribution < 1.29 is 14.6 Å². The zero-order valence-corrected chi connectivity index (χ0v) is 15.7. The number of aryl methyl sites for hydroxylation is 1. The molecule has 25 heavy (non-hydrogen) atoms. The summed E-state index contributed by atoms with van der Waals surface area (Å²) in [6, 6.07) is 2.38. The molecule has 7 nitrogen and oxygen atoms in total. The maximum Gasteiger partial charge on any atom is 0.274 e. The third-order valence-electron chi connectivity index (χ3n) is 4.96. The highest BCUT2D eigenvalue weighted by Gasteiger charge is 2.36. The van der Waals surface area contributed by atoms with E-state index in [1.165, 1.54) is 0 Å². The third-order valence-corrected chi connectivity index (χ3v) is 4.96. The van der Waals surface area contributed by atoms with Crippen LogP contribution >= 0.6 is 0 Å². The molecule has 1 fully saturated rings. The van der Waals surface area contributed by atoms with E-state index in [-0.39, 0.29) is 18.1 Å². The van der Waals surface area contributed by atoms with E-state index in [1.54, 1.807) is 4.90 Å². The molecular weight excluding hydrogens is 320 g/mol. The Labute approximate surface area is 149 Å². The topological polar surface area (TPSA) is 70.8 Å². The van der Waals surface area contributed by atoms with E-state index in [2.05, 4.69) is 23.8 Å². The third kappa shape index (κ3) is 4.04. The maximum absolute atomic E-state index is 12.8. The van der Waals surface area contributed by atoms with E-state index >= 15 is 0 Å². The van der Waals surface area contributed by atoms with E-state index in [0.29, 0.717) is 24.8 Å². The number of ether oxygens (including phenoxy) is 1. The summed E-state index contributed by atoms with van der Waals surface area (Å²) in [7, 11) is 0. The van der Waals surface area contributed by atoms with Crippen LogP contribution in [0.2, 0.25) is 0 Å². The molecule has 1 amide bonds. The summed E-state index contributed by atoms with van der Waals surface area (Å²) in [6.07, 6.45) is 0.108. The first-order valence-corrected chi connectivity index (χ1v) is 9.28. The van der Waals surface area contributed by atoms with E-state index in [0.717, 1.165) is 31.7 Å². The molecule has 0 radical (unpaired) electrons. The standard InChI is InChI=1S/C18H30N4O3/c1-12(2)20-6-5-7-22-14(9-20)8-15(19-22)18(24)21-10-16(23)17(11-21)25-13(3)4/h8,12-13,16-17,23H,5-7,9-11H2,1-4H3/t16-,17-/m0/s1. The molecular formula is C18H30N4O3. The number of aromatic nitrogens is 2. The predicted molar refractivity (Wildman–Crippen MR) is 94.3 cm³/mol. The first-order valence-electron chi connectivity index (χ1n) is 9.28. The van der Waals surface area contributed by atoms with Crippen LogP contribution < -0.4 is 0 Å². The molecule has 0 aliphatic carbocycles. The van der Waals surface area contributed by atoms with Crippen LogP contribution in [0.1, 0.15) is 50.3 Å². The van der Waals surface area contributed by atoms with Gasteiger partial charge in [-0.2, -0.15) is 5.10 Å². The fraction of sp³-hybridized carbons (Fsp3) is 0.778. The highest BCUT2D eigenvalue weighted by molar-refractivity contribution is 5.92. The highest BCUT2D eigenvalue weighted by atomic mass is 16.5. The maximum atomic E-state index is 12.8. The molecule has 0 spiro atoms. The number of hydrogen-bond acceptors (Lipinski definition) is 5. The number of carbonyl (C=O) groups excluding carboxylic acids is 1. The first kappa shape index (κ1) is 18.4. The summed E-state index contributed by atoms with van der Waals surface area (Å²) in [5, 5.41) is 14.7. The molecule has 7 heteroatoms. The number of fused-ring (bicyclic) bond motifs is 1. The average molecular weight is 350 g/mol. The summed E-state index contributed by atoms with van der Waals surface area (Å²) in [5.41, 5.74) is 1.56. The minimum absolute atomic E-state index is 0.0281. The van der Waals surface area contributed by atoms with Crippen LogP contribution in [0.25, 0.3) is 0 Å². The predicted octanol–water partition coefficient (Wildman–Crippen LogP) is 1.11. The number of aliphatic hydroxyl groups excluding tert-OH is 1. The molecule has 1 saturated heterocycles. The van der Waals surface area contributed by atoms with Crippen LogP contribution in [-0.4, -0.2) is 74.6 Å². The molecule has 3 heterocycles. The second-order valence-corrected chi connectivity index (χ2v) is 7.66. The van der Waals surface area contributed by atoms with Gasteiger partial charge in [-0.3, -0.25) is 14.4 Å². The summed E-state index contributed by atoms with van der Waals surface area (Å²) in [4.78, 5) is 16.9. The van der Waals surface area contributed by atoms with E-state index in [1.807, 2.05) is 24.6 Å². The van der Waals surface area contributed by atoms with Crippen molar-refractivity contribution in [2.24, 2.45) is 0 Å². The smallest absolute Gasteiger partial charge is 0.274 e. The molecule has 3 rings (SSSR count). The molecule has 2 atom stereocenters. The van der Waals surface area contributed by atoms with Crippen molar-refractivity contribution in [3.05, 3.63) is 17.5 Å². The van der Waals surface area contributed by atoms with Crippen LogP contribution in [0.4, 0.5) is 0 Å². The van der Waals surface area contributed by atoms with E-state index < -0.39 is 6.10 Å². The summed E-state index contributed by atoms with van der Waals surface area (Å²) < 4.78 is 7.66. The molecule has 2 aliphatic rings. The summed E-state index contributed by atoms with van der Waals surface area (Å²) >= 11 is 0. The van der Waals surface area contributed by atoms with Gasteiger partial charge in [-0.1, -0.05) is 0 Å². The van der Waals surface area contributed by atoms with Gasteiger partial charge in [-0.05, 0) is 40.2 Å². The Morgan fingerprint density at radius 1 is 1.28 bits per heavy atom. The minimum Gasteiger partial charge on any atom is -0.388 e. The Balaban J connectivity index is 1.71. The van der Waals surface area contributed by atoms with Crippen molar-refractivity contribution >= 4 is 5.91 Å². The molecule has 1 aromatic rings. The van der Waals surface area contributed by atoms with Gasteiger partial charge >= 0.3 is 0 Å². The largest absolute Gasteiger partial charge is 0.388 e. The van der Waals surface area contributed by atoms with Crippen LogP contribution in [0.5, 0.6) is 0 Å². The van der Waals surface area contributed by atoms with Crippen molar-refractivity contribution in [2.45, 2.75) is 71.6 Å². The van der Waals surface area contributed by atoms with Gasteiger partial charge in [0, 0.05) is 38.8 Å². The number of likely N-dealkylation sites (tertiary alicyclic amines) is 1. The monoisotopic (exact) mass is 350 g/mol. The lowest BCUT2D eigenvalue weighted by atomic mass is 10.2. The van der Waals surface area contributed by atoms with Crippen molar-refractivity contribution in [1.82, 2.24) is 19.6 Å². The van der Waals surface area contributed by atoms with Crippen LogP contribution in [0.15, 0.2) is 6.07 Å². The lowest BCUT2D eigenvalue weighted by Crippen LogP contribution is -2.31. The first-order chi connectivity index (χ1) is 11.8. The lowest BCUT2D eigenvalue weighted by Gasteiger charge is -2.23. The number of carbonyl (C=O) groups is 1. The normalized spacial score (nSPS) is 24.8. The van der Waals surface area contributed by atoms with Crippen molar-refractivity contribution in [1.29, 1.82) is 0 Å². The van der Waals surface area contributed by atoms with Gasteiger partial charge in [0.1, 0.15) is 6.10 Å². The zero-order chi connectivity index (χ0) is 18.1. The second kappa shape index (κ2) is 7.43. The number of β-amino-alcohol motifs (C(OH)–C–C–N with tert-alkyl or cyclic N) is 1. The summed E-state index contributed by atoms with van der Waals surface area (Å²) in [6.45, 7) is 11.7. The Morgan fingerprint density at radius 2 is 2.04 bits per heavy atom. The Morgan fingerprint density at radius 3 is 2.72 bits per heavy atom. The number of rotatable bonds is 4. The number of aliphatic hydroxyl groups is 1. The molecule has 2 aliphatic heterocycles. The van der Waals surface area contributed by atoms with Gasteiger partial charge in [0.2, 0.25) is 0 Å². The minimum atomic E-state index is -0.636. The number of hydrogen-bond donors (Lipinski definition) is 1. The van der Waals surface area contributed by atoms with Crippen molar-refractivity contribution in [3.8, 4) is 0 Å². The van der Waals surface area contributed by atoms with Gasteiger partial charge in [0.15, 0.2) is 5.69 Å². The fourth-order valence-electron chi connectivity index (χ4n) is 3.60. The molecule has 0 saturated carbocycles. The quantitative estimate of drug-likeness (QED) is 0.881. The van der Waals surface area contributed by atoms with Gasteiger partial charge in [-0.15, -0.1) is 0 Å². The molecule has 0 aromatic carbocycles.